The summed E-state index contributed by atoms with van der Waals surface area (Å²) in [6.45, 7) is 5.01. The van der Waals surface area contributed by atoms with E-state index in [1.165, 1.54) is 5.69 Å². The van der Waals surface area contributed by atoms with Crippen LogP contribution in [0, 0.1) is 6.92 Å². The van der Waals surface area contributed by atoms with Crippen LogP contribution >= 0.6 is 23.2 Å². The van der Waals surface area contributed by atoms with E-state index in [0.29, 0.717) is 0 Å². The van der Waals surface area contributed by atoms with Gasteiger partial charge in [0.25, 0.3) is 0 Å². The molecule has 2 aromatic rings. The molecule has 1 heterocycles. The van der Waals surface area contributed by atoms with Crippen LogP contribution in [-0.4, -0.2) is 22.9 Å². The van der Waals surface area contributed by atoms with Crippen molar-refractivity contribution in [3.05, 3.63) is 51.3 Å². The van der Waals surface area contributed by atoms with E-state index in [1.54, 1.807) is 0 Å². The number of nitrogens with zero attached hydrogens (tertiary/aromatic N) is 2. The number of hydrogen-bond acceptors (Lipinski definition) is 2. The van der Waals surface area contributed by atoms with Crippen molar-refractivity contribution in [1.29, 1.82) is 0 Å². The average molecular weight is 326 g/mol. The predicted molar refractivity (Wildman–Crippen MR) is 89.4 cm³/mol. The zero-order chi connectivity index (χ0) is 15.4. The fourth-order valence-corrected chi connectivity index (χ4v) is 3.09. The van der Waals surface area contributed by atoms with Crippen LogP contribution in [0.3, 0.4) is 0 Å². The summed E-state index contributed by atoms with van der Waals surface area (Å²) in [6.07, 6.45) is 1.69. The number of nitrogens with one attached hydrogen (secondary N) is 1. The minimum absolute atomic E-state index is 0.267. The van der Waals surface area contributed by atoms with Gasteiger partial charge in [-0.25, -0.2) is 0 Å². The van der Waals surface area contributed by atoms with Crippen LogP contribution in [0.2, 0.25) is 10.0 Å². The lowest BCUT2D eigenvalue weighted by Gasteiger charge is -2.18. The summed E-state index contributed by atoms with van der Waals surface area (Å²) < 4.78 is 2.05. The Balaban J connectivity index is 2.17. The Morgan fingerprint density at radius 2 is 1.90 bits per heavy atom. The van der Waals surface area contributed by atoms with Crippen molar-refractivity contribution in [3.8, 4) is 0 Å². The zero-order valence-electron chi connectivity index (χ0n) is 12.7. The van der Waals surface area contributed by atoms with Crippen molar-refractivity contribution in [3.63, 3.8) is 0 Å². The SMILES string of the molecule is CCn1nc(C)cc1CC(Cc1c(Cl)cccc1Cl)NC. The van der Waals surface area contributed by atoms with Crippen molar-refractivity contribution in [2.24, 2.45) is 0 Å². The monoisotopic (exact) mass is 325 g/mol. The van der Waals surface area contributed by atoms with Gasteiger partial charge >= 0.3 is 0 Å². The number of benzene rings is 1. The van der Waals surface area contributed by atoms with Crippen LogP contribution in [0.4, 0.5) is 0 Å². The van der Waals surface area contributed by atoms with Crippen LogP contribution in [-0.2, 0) is 19.4 Å². The second-order valence-corrected chi connectivity index (χ2v) is 6.00. The highest BCUT2D eigenvalue weighted by molar-refractivity contribution is 6.36. The van der Waals surface area contributed by atoms with Gasteiger partial charge in [0.1, 0.15) is 0 Å². The van der Waals surface area contributed by atoms with Crippen LogP contribution in [0.5, 0.6) is 0 Å². The lowest BCUT2D eigenvalue weighted by molar-refractivity contribution is 0.520. The van der Waals surface area contributed by atoms with E-state index in [4.69, 9.17) is 23.2 Å². The zero-order valence-corrected chi connectivity index (χ0v) is 14.2. The van der Waals surface area contributed by atoms with Crippen molar-refractivity contribution in [1.82, 2.24) is 15.1 Å². The lowest BCUT2D eigenvalue weighted by Crippen LogP contribution is -2.31. The molecule has 1 unspecified atom stereocenters. The number of aryl methyl sites for hydroxylation is 2. The van der Waals surface area contributed by atoms with Crippen LogP contribution in [0.15, 0.2) is 24.3 Å². The van der Waals surface area contributed by atoms with E-state index in [-0.39, 0.29) is 6.04 Å². The van der Waals surface area contributed by atoms with Crippen LogP contribution < -0.4 is 5.32 Å². The van der Waals surface area contributed by atoms with E-state index in [0.717, 1.165) is 40.7 Å². The third kappa shape index (κ3) is 4.00. The lowest BCUT2D eigenvalue weighted by atomic mass is 10.0. The van der Waals surface area contributed by atoms with Gasteiger partial charge < -0.3 is 5.32 Å². The number of aromatic nitrogens is 2. The molecule has 0 saturated carbocycles. The molecule has 0 aliphatic heterocycles. The maximum atomic E-state index is 6.27. The predicted octanol–water partition coefficient (Wildman–Crippen LogP) is 3.89. The van der Waals surface area contributed by atoms with Gasteiger partial charge in [-0.2, -0.15) is 5.10 Å². The Hall–Kier alpha value is -1.03. The average Bonchev–Trinajstić information content (AvgIpc) is 2.81. The Labute approximate surface area is 136 Å². The largest absolute Gasteiger partial charge is 0.316 e. The summed E-state index contributed by atoms with van der Waals surface area (Å²) in [7, 11) is 1.97. The molecule has 1 aromatic carbocycles. The summed E-state index contributed by atoms with van der Waals surface area (Å²) in [5.41, 5.74) is 3.29. The highest BCUT2D eigenvalue weighted by Gasteiger charge is 2.15. The Kier molecular flexibility index (Phi) is 5.68. The summed E-state index contributed by atoms with van der Waals surface area (Å²) in [5, 5.41) is 9.30. The molecule has 1 N–H and O–H groups in total. The van der Waals surface area contributed by atoms with Crippen molar-refractivity contribution < 1.29 is 0 Å². The van der Waals surface area contributed by atoms with Crippen molar-refractivity contribution >= 4 is 23.2 Å². The first kappa shape index (κ1) is 16.3. The van der Waals surface area contributed by atoms with Gasteiger partial charge in [0.05, 0.1) is 5.69 Å². The highest BCUT2D eigenvalue weighted by atomic mass is 35.5. The molecule has 1 atom stereocenters. The summed E-state index contributed by atoms with van der Waals surface area (Å²) >= 11 is 12.5. The minimum atomic E-state index is 0.267. The fraction of sp³-hybridized carbons (Fsp3) is 0.438. The third-order valence-electron chi connectivity index (χ3n) is 3.66. The summed E-state index contributed by atoms with van der Waals surface area (Å²) in [6, 6.07) is 8.05. The molecule has 0 fully saturated rings. The Bertz CT molecular complexity index is 587. The molecule has 0 bridgehead atoms. The molecule has 0 saturated heterocycles. The second-order valence-electron chi connectivity index (χ2n) is 5.19. The third-order valence-corrected chi connectivity index (χ3v) is 4.37. The van der Waals surface area contributed by atoms with E-state index >= 15 is 0 Å². The molecule has 0 radical (unpaired) electrons. The second kappa shape index (κ2) is 7.30. The van der Waals surface area contributed by atoms with Crippen molar-refractivity contribution in [2.45, 2.75) is 39.3 Å². The van der Waals surface area contributed by atoms with Crippen LogP contribution in [0.25, 0.3) is 0 Å². The first-order chi connectivity index (χ1) is 10.0. The first-order valence-corrected chi connectivity index (χ1v) is 7.94. The minimum Gasteiger partial charge on any atom is -0.316 e. The molecule has 3 nitrogen and oxygen atoms in total. The molecule has 1 aromatic heterocycles. The quantitative estimate of drug-likeness (QED) is 0.873. The van der Waals surface area contributed by atoms with Gasteiger partial charge in [0, 0.05) is 34.7 Å². The molecule has 2 rings (SSSR count). The topological polar surface area (TPSA) is 29.9 Å². The van der Waals surface area contributed by atoms with Gasteiger partial charge in [-0.05, 0) is 51.1 Å². The Morgan fingerprint density at radius 1 is 1.24 bits per heavy atom. The number of rotatable bonds is 6. The molecule has 0 aliphatic rings. The summed E-state index contributed by atoms with van der Waals surface area (Å²) in [4.78, 5) is 0. The maximum absolute atomic E-state index is 6.27. The van der Waals surface area contributed by atoms with Crippen LogP contribution in [0.1, 0.15) is 23.9 Å². The van der Waals surface area contributed by atoms with Crippen molar-refractivity contribution in [2.75, 3.05) is 7.05 Å². The van der Waals surface area contributed by atoms with Gasteiger partial charge in [-0.3, -0.25) is 4.68 Å². The normalized spacial score (nSPS) is 12.6. The fourth-order valence-electron chi connectivity index (χ4n) is 2.54. The highest BCUT2D eigenvalue weighted by Crippen LogP contribution is 2.26. The molecular weight excluding hydrogens is 305 g/mol. The smallest absolute Gasteiger partial charge is 0.0596 e. The van der Waals surface area contributed by atoms with Gasteiger partial charge in [0.2, 0.25) is 0 Å². The molecule has 0 aliphatic carbocycles. The Morgan fingerprint density at radius 3 is 2.48 bits per heavy atom. The summed E-state index contributed by atoms with van der Waals surface area (Å²) in [5.74, 6) is 0. The molecule has 21 heavy (non-hydrogen) atoms. The van der Waals surface area contributed by atoms with Gasteiger partial charge in [0.15, 0.2) is 0 Å². The number of hydrogen-bond donors (Lipinski definition) is 1. The number of halogens is 2. The van der Waals surface area contributed by atoms with E-state index in [2.05, 4.69) is 23.4 Å². The molecule has 5 heteroatoms. The number of likely N-dealkylation sites (N-methyl/N-ethyl adjacent to an activating group) is 1. The molecule has 114 valence electrons. The van der Waals surface area contributed by atoms with E-state index in [9.17, 15) is 0 Å². The first-order valence-electron chi connectivity index (χ1n) is 7.18. The molecule has 0 amide bonds. The molecular formula is C16H21Cl2N3. The standard InChI is InChI=1S/C16H21Cl2N3/c1-4-21-13(8-11(2)20-21)9-12(19-3)10-14-15(17)6-5-7-16(14)18/h5-8,12,19H,4,9-10H2,1-3H3. The van der Waals surface area contributed by atoms with E-state index in [1.807, 2.05) is 36.9 Å². The molecule has 0 spiro atoms. The maximum Gasteiger partial charge on any atom is 0.0596 e. The van der Waals surface area contributed by atoms with E-state index < -0.39 is 0 Å². The van der Waals surface area contributed by atoms with Gasteiger partial charge in [-0.1, -0.05) is 29.3 Å². The van der Waals surface area contributed by atoms with Gasteiger partial charge in [-0.15, -0.1) is 0 Å².